The summed E-state index contributed by atoms with van der Waals surface area (Å²) < 4.78 is 6.13. The van der Waals surface area contributed by atoms with Crippen molar-refractivity contribution in [2.45, 2.75) is 13.0 Å². The van der Waals surface area contributed by atoms with Gasteiger partial charge in [0.2, 0.25) is 5.88 Å². The fourth-order valence-corrected chi connectivity index (χ4v) is 1.85. The van der Waals surface area contributed by atoms with Gasteiger partial charge in [-0.3, -0.25) is 0 Å². The van der Waals surface area contributed by atoms with E-state index in [0.717, 1.165) is 10.3 Å². The number of ether oxygens (including phenoxy) is 1. The number of hydrogen-bond donors (Lipinski definition) is 1. The van der Waals surface area contributed by atoms with E-state index in [4.69, 9.17) is 4.74 Å². The van der Waals surface area contributed by atoms with Crippen LogP contribution in [0.3, 0.4) is 0 Å². The average molecular weight is 308 g/mol. The number of nitrogens with zero attached hydrogens (tertiary/aromatic N) is 2. The Balaban J connectivity index is 2.10. The number of aromatic nitrogens is 2. The molecule has 2 aromatic rings. The molecule has 4 nitrogen and oxygen atoms in total. The number of methoxy groups -OCH3 is 1. The van der Waals surface area contributed by atoms with E-state index < -0.39 is 0 Å². The van der Waals surface area contributed by atoms with Gasteiger partial charge in [0, 0.05) is 16.6 Å². The summed E-state index contributed by atoms with van der Waals surface area (Å²) in [6.07, 6.45) is 1.48. The highest BCUT2D eigenvalue weighted by Gasteiger charge is 2.06. The van der Waals surface area contributed by atoms with E-state index in [1.165, 1.54) is 11.9 Å². The summed E-state index contributed by atoms with van der Waals surface area (Å²) in [5.74, 6) is 1.30. The molecule has 5 heteroatoms. The average Bonchev–Trinajstić information content (AvgIpc) is 2.39. The molecule has 1 aromatic carbocycles. The summed E-state index contributed by atoms with van der Waals surface area (Å²) >= 11 is 3.42. The number of halogens is 1. The van der Waals surface area contributed by atoms with Gasteiger partial charge in [-0.15, -0.1) is 0 Å². The second-order valence-corrected chi connectivity index (χ2v) is 4.78. The monoisotopic (exact) mass is 307 g/mol. The van der Waals surface area contributed by atoms with Crippen LogP contribution in [0, 0.1) is 0 Å². The summed E-state index contributed by atoms with van der Waals surface area (Å²) in [4.78, 5) is 8.13. The molecule has 0 aliphatic heterocycles. The van der Waals surface area contributed by atoms with Crippen LogP contribution in [0.4, 0.5) is 5.82 Å². The Kier molecular flexibility index (Phi) is 4.15. The topological polar surface area (TPSA) is 47.0 Å². The maximum atomic E-state index is 5.06. The van der Waals surface area contributed by atoms with Gasteiger partial charge < -0.3 is 10.1 Å². The molecule has 1 N–H and O–H groups in total. The van der Waals surface area contributed by atoms with Crippen LogP contribution < -0.4 is 10.1 Å². The standard InChI is InChI=1S/C13H14BrN3O/c1-9(10-3-5-11(14)6-4-10)17-12-7-13(18-2)16-8-15-12/h3-9H,1-2H3,(H,15,16,17). The van der Waals surface area contributed by atoms with Crippen molar-refractivity contribution >= 4 is 21.7 Å². The Bertz CT molecular complexity index is 516. The predicted molar refractivity (Wildman–Crippen MR) is 74.8 cm³/mol. The first-order valence-corrected chi connectivity index (χ1v) is 6.36. The van der Waals surface area contributed by atoms with Crippen molar-refractivity contribution in [1.29, 1.82) is 0 Å². The molecule has 2 rings (SSSR count). The summed E-state index contributed by atoms with van der Waals surface area (Å²) in [7, 11) is 1.59. The Labute approximate surface area is 115 Å². The van der Waals surface area contributed by atoms with Crippen molar-refractivity contribution < 1.29 is 4.74 Å². The van der Waals surface area contributed by atoms with Crippen molar-refractivity contribution in [3.05, 3.63) is 46.7 Å². The van der Waals surface area contributed by atoms with Crippen LogP contribution in [0.25, 0.3) is 0 Å². The molecular weight excluding hydrogens is 294 g/mol. The highest BCUT2D eigenvalue weighted by Crippen LogP contribution is 2.21. The lowest BCUT2D eigenvalue weighted by atomic mass is 10.1. The SMILES string of the molecule is COc1cc(NC(C)c2ccc(Br)cc2)ncn1. The molecule has 0 spiro atoms. The van der Waals surface area contributed by atoms with E-state index in [2.05, 4.69) is 50.3 Å². The van der Waals surface area contributed by atoms with Crippen molar-refractivity contribution in [2.75, 3.05) is 12.4 Å². The van der Waals surface area contributed by atoms with Crippen molar-refractivity contribution in [1.82, 2.24) is 9.97 Å². The number of benzene rings is 1. The van der Waals surface area contributed by atoms with Gasteiger partial charge in [0.1, 0.15) is 12.1 Å². The van der Waals surface area contributed by atoms with Gasteiger partial charge in [0.15, 0.2) is 0 Å². The number of anilines is 1. The molecule has 0 saturated carbocycles. The summed E-state index contributed by atoms with van der Waals surface area (Å²) in [5, 5.41) is 3.31. The van der Waals surface area contributed by atoms with Gasteiger partial charge in [0.25, 0.3) is 0 Å². The smallest absolute Gasteiger partial charge is 0.218 e. The Morgan fingerprint density at radius 3 is 2.61 bits per heavy atom. The first-order chi connectivity index (χ1) is 8.69. The second kappa shape index (κ2) is 5.82. The van der Waals surface area contributed by atoms with Crippen molar-refractivity contribution in [3.63, 3.8) is 0 Å². The lowest BCUT2D eigenvalue weighted by molar-refractivity contribution is 0.397. The van der Waals surface area contributed by atoms with E-state index in [0.29, 0.717) is 5.88 Å². The zero-order valence-corrected chi connectivity index (χ0v) is 11.8. The number of rotatable bonds is 4. The van der Waals surface area contributed by atoms with Gasteiger partial charge in [0.05, 0.1) is 7.11 Å². The molecule has 94 valence electrons. The molecular formula is C13H14BrN3O. The van der Waals surface area contributed by atoms with Gasteiger partial charge in [-0.1, -0.05) is 28.1 Å². The molecule has 0 saturated heterocycles. The molecule has 0 bridgehead atoms. The van der Waals surface area contributed by atoms with Gasteiger partial charge in [-0.2, -0.15) is 0 Å². The molecule has 1 aromatic heterocycles. The molecule has 18 heavy (non-hydrogen) atoms. The molecule has 0 aliphatic carbocycles. The molecule has 0 radical (unpaired) electrons. The van der Waals surface area contributed by atoms with E-state index in [9.17, 15) is 0 Å². The lowest BCUT2D eigenvalue weighted by Crippen LogP contribution is -2.08. The Hall–Kier alpha value is -1.62. The Morgan fingerprint density at radius 1 is 1.22 bits per heavy atom. The summed E-state index contributed by atoms with van der Waals surface area (Å²) in [5.41, 5.74) is 1.19. The van der Waals surface area contributed by atoms with E-state index in [1.54, 1.807) is 13.2 Å². The van der Waals surface area contributed by atoms with E-state index >= 15 is 0 Å². The largest absolute Gasteiger partial charge is 0.481 e. The molecule has 1 unspecified atom stereocenters. The number of hydrogen-bond acceptors (Lipinski definition) is 4. The first-order valence-electron chi connectivity index (χ1n) is 5.57. The molecule has 0 aliphatic rings. The van der Waals surface area contributed by atoms with Crippen molar-refractivity contribution in [3.8, 4) is 5.88 Å². The minimum Gasteiger partial charge on any atom is -0.481 e. The van der Waals surface area contributed by atoms with Gasteiger partial charge >= 0.3 is 0 Å². The minimum atomic E-state index is 0.165. The third-order valence-corrected chi connectivity index (χ3v) is 3.11. The van der Waals surface area contributed by atoms with Crippen LogP contribution in [0.1, 0.15) is 18.5 Å². The molecule has 1 heterocycles. The highest BCUT2D eigenvalue weighted by atomic mass is 79.9. The summed E-state index contributed by atoms with van der Waals surface area (Å²) in [6, 6.07) is 10.1. The predicted octanol–water partition coefficient (Wildman–Crippen LogP) is 3.42. The normalized spacial score (nSPS) is 11.9. The maximum Gasteiger partial charge on any atom is 0.218 e. The molecule has 1 atom stereocenters. The molecule has 0 fully saturated rings. The zero-order chi connectivity index (χ0) is 13.0. The van der Waals surface area contributed by atoms with E-state index in [-0.39, 0.29) is 6.04 Å². The van der Waals surface area contributed by atoms with Crippen LogP contribution >= 0.6 is 15.9 Å². The van der Waals surface area contributed by atoms with Crippen LogP contribution in [0.15, 0.2) is 41.1 Å². The fraction of sp³-hybridized carbons (Fsp3) is 0.231. The van der Waals surface area contributed by atoms with Gasteiger partial charge in [-0.25, -0.2) is 9.97 Å². The van der Waals surface area contributed by atoms with Crippen molar-refractivity contribution in [2.24, 2.45) is 0 Å². The second-order valence-electron chi connectivity index (χ2n) is 3.86. The third kappa shape index (κ3) is 3.20. The summed E-state index contributed by atoms with van der Waals surface area (Å²) in [6.45, 7) is 2.08. The van der Waals surface area contributed by atoms with Crippen LogP contribution in [-0.4, -0.2) is 17.1 Å². The van der Waals surface area contributed by atoms with E-state index in [1.807, 2.05) is 12.1 Å². The quantitative estimate of drug-likeness (QED) is 0.940. The Morgan fingerprint density at radius 2 is 1.94 bits per heavy atom. The first kappa shape index (κ1) is 12.8. The third-order valence-electron chi connectivity index (χ3n) is 2.59. The molecule has 0 amide bonds. The van der Waals surface area contributed by atoms with Crippen LogP contribution in [-0.2, 0) is 0 Å². The number of nitrogens with one attached hydrogen (secondary N) is 1. The lowest BCUT2D eigenvalue weighted by Gasteiger charge is -2.15. The highest BCUT2D eigenvalue weighted by molar-refractivity contribution is 9.10. The zero-order valence-electron chi connectivity index (χ0n) is 10.2. The maximum absolute atomic E-state index is 5.06. The van der Waals surface area contributed by atoms with Crippen LogP contribution in [0.2, 0.25) is 0 Å². The fourth-order valence-electron chi connectivity index (χ4n) is 1.59. The van der Waals surface area contributed by atoms with Crippen LogP contribution in [0.5, 0.6) is 5.88 Å². The van der Waals surface area contributed by atoms with Gasteiger partial charge in [-0.05, 0) is 24.6 Å². The minimum absolute atomic E-state index is 0.165.